The van der Waals surface area contributed by atoms with E-state index in [-0.39, 0.29) is 33.4 Å². The number of carbonyl (C=O) groups is 2. The monoisotopic (exact) mass is 380 g/mol. The van der Waals surface area contributed by atoms with E-state index in [0.717, 1.165) is 0 Å². The predicted molar refractivity (Wildman–Crippen MR) is 80.8 cm³/mol. The van der Waals surface area contributed by atoms with Crippen LogP contribution in [0, 0.1) is 0 Å². The predicted octanol–water partition coefficient (Wildman–Crippen LogP) is 3.04. The first kappa shape index (κ1) is 16.8. The Balaban J connectivity index is 2.36. The highest BCUT2D eigenvalue weighted by Crippen LogP contribution is 2.45. The smallest absolute Gasteiger partial charge is 0.317 e. The van der Waals surface area contributed by atoms with E-state index in [2.05, 4.69) is 4.98 Å². The number of halogens is 5. The number of fused-ring (bicyclic) bond motifs is 3. The maximum Gasteiger partial charge on any atom is 0.440 e. The van der Waals surface area contributed by atoms with Crippen LogP contribution < -0.4 is 10.6 Å². The summed E-state index contributed by atoms with van der Waals surface area (Å²) >= 11 is 11.8. The zero-order valence-electron chi connectivity index (χ0n) is 12.0. The second-order valence-corrected chi connectivity index (χ2v) is 5.85. The highest BCUT2D eigenvalue weighted by atomic mass is 35.5. The number of nitrogens with one attached hydrogen (secondary N) is 2. The maximum absolute atomic E-state index is 13.8. The van der Waals surface area contributed by atoms with E-state index in [9.17, 15) is 22.8 Å². The quantitative estimate of drug-likeness (QED) is 0.840. The molecule has 2 N–H and O–H groups in total. The van der Waals surface area contributed by atoms with Crippen molar-refractivity contribution >= 4 is 52.0 Å². The Morgan fingerprint density at radius 3 is 2.67 bits per heavy atom. The molecule has 0 saturated heterocycles. The third kappa shape index (κ3) is 2.07. The van der Waals surface area contributed by atoms with E-state index in [4.69, 9.17) is 23.2 Å². The Kier molecular flexibility index (Phi) is 3.68. The summed E-state index contributed by atoms with van der Waals surface area (Å²) < 4.78 is 42.1. The van der Waals surface area contributed by atoms with Gasteiger partial charge in [-0.3, -0.25) is 19.5 Å². The van der Waals surface area contributed by atoms with Crippen LogP contribution in [0.25, 0.3) is 11.0 Å². The second kappa shape index (κ2) is 5.25. The molecule has 1 aliphatic heterocycles. The number of hydrogen-bond donors (Lipinski definition) is 2. The molecule has 6 nitrogen and oxygen atoms in total. The average molecular weight is 381 g/mol. The minimum atomic E-state index is -5.12. The van der Waals surface area contributed by atoms with Crippen LogP contribution in [0.3, 0.4) is 0 Å². The maximum atomic E-state index is 13.8. The minimum Gasteiger partial charge on any atom is -0.317 e. The lowest BCUT2D eigenvalue weighted by Crippen LogP contribution is -2.63. The standard InChI is InChI=1S/C13H9Cl2F3N4O2/c1-2-7(23)21-12(13(16,17)18)10(24)20-11-19-9-6(22(11)12)4-3-5(14)8(9)15/h3-4H,2H2,1H3,(H,21,23)(H,19,20,24). The van der Waals surface area contributed by atoms with E-state index in [1.54, 1.807) is 5.32 Å². The number of anilines is 1. The Morgan fingerprint density at radius 2 is 2.08 bits per heavy atom. The van der Waals surface area contributed by atoms with Gasteiger partial charge in [-0.25, -0.2) is 4.98 Å². The van der Waals surface area contributed by atoms with Gasteiger partial charge in [-0.15, -0.1) is 0 Å². The molecular formula is C13H9Cl2F3N4O2. The summed E-state index contributed by atoms with van der Waals surface area (Å²) in [6.07, 6.45) is -5.35. The summed E-state index contributed by atoms with van der Waals surface area (Å²) in [5, 5.41) is 3.86. The van der Waals surface area contributed by atoms with Crippen molar-refractivity contribution in [2.75, 3.05) is 5.32 Å². The molecule has 0 radical (unpaired) electrons. The van der Waals surface area contributed by atoms with Gasteiger partial charge < -0.3 is 5.32 Å². The second-order valence-electron chi connectivity index (χ2n) is 5.06. The normalized spacial score (nSPS) is 20.2. The number of amides is 2. The van der Waals surface area contributed by atoms with Crippen LogP contribution >= 0.6 is 23.2 Å². The van der Waals surface area contributed by atoms with Crippen molar-refractivity contribution in [3.63, 3.8) is 0 Å². The molecule has 2 amide bonds. The lowest BCUT2D eigenvalue weighted by Gasteiger charge is -2.31. The molecule has 11 heteroatoms. The van der Waals surface area contributed by atoms with E-state index in [0.29, 0.717) is 4.57 Å². The molecule has 0 fully saturated rings. The van der Waals surface area contributed by atoms with Gasteiger partial charge in [0.05, 0.1) is 15.6 Å². The number of imidazole rings is 1. The first-order chi connectivity index (χ1) is 11.1. The Bertz CT molecular complexity index is 880. The van der Waals surface area contributed by atoms with Gasteiger partial charge in [0.2, 0.25) is 11.9 Å². The van der Waals surface area contributed by atoms with Crippen LogP contribution in [0.15, 0.2) is 12.1 Å². The van der Waals surface area contributed by atoms with Gasteiger partial charge in [0.15, 0.2) is 0 Å². The van der Waals surface area contributed by atoms with E-state index in [1.807, 2.05) is 5.32 Å². The Labute approximate surface area is 142 Å². The van der Waals surface area contributed by atoms with Crippen molar-refractivity contribution in [3.05, 3.63) is 22.2 Å². The topological polar surface area (TPSA) is 76.0 Å². The van der Waals surface area contributed by atoms with E-state index in [1.165, 1.54) is 19.1 Å². The molecule has 2 heterocycles. The fourth-order valence-corrected chi connectivity index (χ4v) is 2.89. The SMILES string of the molecule is CCC(=O)NC1(C(F)(F)F)C(=O)Nc2nc3c(Cl)c(Cl)ccc3n21. The number of aromatic nitrogens is 2. The summed E-state index contributed by atoms with van der Waals surface area (Å²) in [7, 11) is 0. The van der Waals surface area contributed by atoms with Crippen LogP contribution in [0.2, 0.25) is 10.0 Å². The molecule has 0 bridgehead atoms. The van der Waals surface area contributed by atoms with Gasteiger partial charge in [0, 0.05) is 6.42 Å². The summed E-state index contributed by atoms with van der Waals surface area (Å²) in [6.45, 7) is 1.37. The molecule has 0 spiro atoms. The van der Waals surface area contributed by atoms with Gasteiger partial charge in [-0.2, -0.15) is 13.2 Å². The van der Waals surface area contributed by atoms with Crippen molar-refractivity contribution in [2.24, 2.45) is 0 Å². The highest BCUT2D eigenvalue weighted by molar-refractivity contribution is 6.45. The summed E-state index contributed by atoms with van der Waals surface area (Å²) in [5.74, 6) is -2.78. The number of rotatable bonds is 2. The zero-order valence-corrected chi connectivity index (χ0v) is 13.5. The average Bonchev–Trinajstić information content (AvgIpc) is 2.98. The van der Waals surface area contributed by atoms with Crippen LogP contribution in [0.4, 0.5) is 19.1 Å². The van der Waals surface area contributed by atoms with E-state index < -0.39 is 23.7 Å². The van der Waals surface area contributed by atoms with Crippen molar-refractivity contribution in [3.8, 4) is 0 Å². The Hall–Kier alpha value is -2.00. The van der Waals surface area contributed by atoms with Gasteiger partial charge in [-0.05, 0) is 12.1 Å². The molecule has 1 aromatic heterocycles. The fourth-order valence-electron chi connectivity index (χ4n) is 2.53. The van der Waals surface area contributed by atoms with Gasteiger partial charge in [0.25, 0.3) is 11.6 Å². The number of hydrogen-bond acceptors (Lipinski definition) is 3. The molecular weight excluding hydrogens is 372 g/mol. The van der Waals surface area contributed by atoms with Gasteiger partial charge >= 0.3 is 6.18 Å². The molecule has 0 aliphatic carbocycles. The van der Waals surface area contributed by atoms with Crippen molar-refractivity contribution in [2.45, 2.75) is 25.2 Å². The van der Waals surface area contributed by atoms with Gasteiger partial charge in [-0.1, -0.05) is 30.1 Å². The van der Waals surface area contributed by atoms with Crippen molar-refractivity contribution in [1.82, 2.24) is 14.9 Å². The summed E-state index contributed by atoms with van der Waals surface area (Å²) in [5.41, 5.74) is -3.41. The number of benzene rings is 1. The molecule has 0 saturated carbocycles. The van der Waals surface area contributed by atoms with Crippen LogP contribution in [0.5, 0.6) is 0 Å². The highest BCUT2D eigenvalue weighted by Gasteiger charge is 2.67. The van der Waals surface area contributed by atoms with Crippen LogP contribution in [-0.2, 0) is 15.3 Å². The number of nitrogens with zero attached hydrogens (tertiary/aromatic N) is 2. The zero-order chi connectivity index (χ0) is 17.9. The third-order valence-corrected chi connectivity index (χ3v) is 4.45. The molecule has 24 heavy (non-hydrogen) atoms. The summed E-state index contributed by atoms with van der Waals surface area (Å²) in [6, 6.07) is 2.53. The molecule has 2 aromatic rings. The minimum absolute atomic E-state index is 0.0152. The van der Waals surface area contributed by atoms with Crippen molar-refractivity contribution < 1.29 is 22.8 Å². The Morgan fingerprint density at radius 1 is 1.42 bits per heavy atom. The molecule has 3 rings (SSSR count). The molecule has 1 aliphatic rings. The van der Waals surface area contributed by atoms with E-state index >= 15 is 0 Å². The number of carbonyl (C=O) groups excluding carboxylic acids is 2. The molecule has 128 valence electrons. The van der Waals surface area contributed by atoms with Gasteiger partial charge in [0.1, 0.15) is 5.52 Å². The van der Waals surface area contributed by atoms with Crippen molar-refractivity contribution in [1.29, 1.82) is 0 Å². The lowest BCUT2D eigenvalue weighted by atomic mass is 10.1. The lowest BCUT2D eigenvalue weighted by molar-refractivity contribution is -0.217. The van der Waals surface area contributed by atoms with Crippen LogP contribution in [0.1, 0.15) is 13.3 Å². The third-order valence-electron chi connectivity index (χ3n) is 3.66. The molecule has 1 atom stereocenters. The number of alkyl halides is 3. The molecule has 1 unspecified atom stereocenters. The first-order valence-electron chi connectivity index (χ1n) is 6.69. The molecule has 1 aromatic carbocycles. The fraction of sp³-hybridized carbons (Fsp3) is 0.308. The summed E-state index contributed by atoms with van der Waals surface area (Å²) in [4.78, 5) is 27.7. The van der Waals surface area contributed by atoms with Crippen LogP contribution in [-0.4, -0.2) is 27.5 Å². The largest absolute Gasteiger partial charge is 0.440 e. The first-order valence-corrected chi connectivity index (χ1v) is 7.45.